The molecule has 1 aromatic carbocycles. The Labute approximate surface area is 198 Å². The summed E-state index contributed by atoms with van der Waals surface area (Å²) < 4.78 is 77.7. The molecule has 0 saturated carbocycles. The topological polar surface area (TPSA) is 77.3 Å². The van der Waals surface area contributed by atoms with Gasteiger partial charge < -0.3 is 0 Å². The number of hydrogen-bond donors (Lipinski definition) is 0. The highest BCUT2D eigenvalue weighted by Gasteiger charge is 2.33. The molecular weight excluding hydrogens is 486 g/mol. The second kappa shape index (κ2) is 8.63. The third-order valence-electron chi connectivity index (χ3n) is 5.15. The standard InChI is InChI=1S/C24H12F6N6/c25-23(26,27)19-7-5-13(9-32-19)21-15(18-12-31-16-3-1-2-4-17(16)35-18)11-34-22(36-21)14-6-8-20(33-10-14)24(28,29)30/h1-12H. The number of fused-ring (bicyclic) bond motifs is 1. The molecular formula is C24H12F6N6. The Balaban J connectivity index is 1.65. The van der Waals surface area contributed by atoms with Crippen LogP contribution in [0.3, 0.4) is 0 Å². The van der Waals surface area contributed by atoms with E-state index in [1.54, 1.807) is 24.3 Å². The Hall–Kier alpha value is -4.48. The zero-order valence-electron chi connectivity index (χ0n) is 17.9. The predicted octanol–water partition coefficient (Wildman–Crippen LogP) is 6.25. The summed E-state index contributed by atoms with van der Waals surface area (Å²) in [5.74, 6) is 0.0172. The van der Waals surface area contributed by atoms with Gasteiger partial charge in [0, 0.05) is 35.3 Å². The third-order valence-corrected chi connectivity index (χ3v) is 5.15. The Morgan fingerprint density at radius 1 is 0.528 bits per heavy atom. The first-order valence-corrected chi connectivity index (χ1v) is 10.3. The highest BCUT2D eigenvalue weighted by Crippen LogP contribution is 2.34. The quantitative estimate of drug-likeness (QED) is 0.274. The van der Waals surface area contributed by atoms with Gasteiger partial charge in [-0.3, -0.25) is 15.0 Å². The molecule has 0 aliphatic carbocycles. The summed E-state index contributed by atoms with van der Waals surface area (Å²) in [4.78, 5) is 24.5. The lowest BCUT2D eigenvalue weighted by atomic mass is 10.1. The van der Waals surface area contributed by atoms with Crippen molar-refractivity contribution in [2.45, 2.75) is 12.4 Å². The lowest BCUT2D eigenvalue weighted by Crippen LogP contribution is -2.08. The molecule has 0 spiro atoms. The van der Waals surface area contributed by atoms with E-state index in [9.17, 15) is 26.3 Å². The largest absolute Gasteiger partial charge is 0.433 e. The zero-order valence-corrected chi connectivity index (χ0v) is 17.9. The van der Waals surface area contributed by atoms with Crippen LogP contribution in [0.2, 0.25) is 0 Å². The van der Waals surface area contributed by atoms with E-state index in [-0.39, 0.29) is 22.6 Å². The number of para-hydroxylation sites is 2. The van der Waals surface area contributed by atoms with Gasteiger partial charge >= 0.3 is 12.4 Å². The highest BCUT2D eigenvalue weighted by molar-refractivity contribution is 5.83. The molecule has 0 saturated heterocycles. The minimum absolute atomic E-state index is 0.0172. The van der Waals surface area contributed by atoms with Gasteiger partial charge in [-0.15, -0.1) is 0 Å². The van der Waals surface area contributed by atoms with E-state index in [0.717, 1.165) is 30.6 Å². The van der Waals surface area contributed by atoms with Gasteiger partial charge in [0.1, 0.15) is 11.4 Å². The first-order valence-electron chi connectivity index (χ1n) is 10.3. The molecule has 0 bridgehead atoms. The van der Waals surface area contributed by atoms with Crippen LogP contribution in [-0.4, -0.2) is 29.9 Å². The van der Waals surface area contributed by atoms with Gasteiger partial charge in [0.2, 0.25) is 0 Å². The van der Waals surface area contributed by atoms with Crippen molar-refractivity contribution >= 4 is 11.0 Å². The number of hydrogen-bond acceptors (Lipinski definition) is 6. The fraction of sp³-hybridized carbons (Fsp3) is 0.0833. The first kappa shape index (κ1) is 23.3. The molecule has 0 atom stereocenters. The molecule has 0 radical (unpaired) electrons. The van der Waals surface area contributed by atoms with Crippen molar-refractivity contribution < 1.29 is 26.3 Å². The normalized spacial score (nSPS) is 12.2. The van der Waals surface area contributed by atoms with E-state index in [1.807, 2.05) is 0 Å². The summed E-state index contributed by atoms with van der Waals surface area (Å²) in [6, 6.07) is 11.1. The van der Waals surface area contributed by atoms with E-state index < -0.39 is 23.7 Å². The average Bonchev–Trinajstić information content (AvgIpc) is 2.87. The second-order valence-electron chi connectivity index (χ2n) is 7.56. The van der Waals surface area contributed by atoms with Gasteiger partial charge in [0.15, 0.2) is 5.82 Å². The van der Waals surface area contributed by atoms with Gasteiger partial charge in [-0.05, 0) is 36.4 Å². The molecule has 0 unspecified atom stereocenters. The van der Waals surface area contributed by atoms with Crippen LogP contribution in [0.25, 0.3) is 44.9 Å². The predicted molar refractivity (Wildman–Crippen MR) is 117 cm³/mol. The zero-order chi connectivity index (χ0) is 25.5. The van der Waals surface area contributed by atoms with Crippen LogP contribution in [0.1, 0.15) is 11.4 Å². The molecule has 180 valence electrons. The molecule has 0 aliphatic heterocycles. The van der Waals surface area contributed by atoms with Crippen LogP contribution in [0.5, 0.6) is 0 Å². The summed E-state index contributed by atoms with van der Waals surface area (Å²) in [6.07, 6.45) is -4.41. The minimum atomic E-state index is -4.63. The summed E-state index contributed by atoms with van der Waals surface area (Å²) in [5.41, 5.74) is 0.303. The maximum Gasteiger partial charge on any atom is 0.433 e. The Bertz CT molecular complexity index is 1550. The molecule has 0 aliphatic rings. The highest BCUT2D eigenvalue weighted by atomic mass is 19.4. The van der Waals surface area contributed by atoms with Crippen LogP contribution in [-0.2, 0) is 12.4 Å². The molecule has 0 amide bonds. The second-order valence-corrected chi connectivity index (χ2v) is 7.56. The molecule has 0 N–H and O–H groups in total. The number of pyridine rings is 2. The molecule has 6 nitrogen and oxygen atoms in total. The number of halogens is 6. The van der Waals surface area contributed by atoms with Crippen LogP contribution in [0.15, 0.2) is 73.3 Å². The molecule has 12 heteroatoms. The summed E-state index contributed by atoms with van der Waals surface area (Å²) in [5, 5.41) is 0. The fourth-order valence-electron chi connectivity index (χ4n) is 3.41. The van der Waals surface area contributed by atoms with Gasteiger partial charge in [0.25, 0.3) is 0 Å². The van der Waals surface area contributed by atoms with Crippen LogP contribution < -0.4 is 0 Å². The molecule has 36 heavy (non-hydrogen) atoms. The van der Waals surface area contributed by atoms with Crippen molar-refractivity contribution in [3.63, 3.8) is 0 Å². The van der Waals surface area contributed by atoms with Gasteiger partial charge in [-0.25, -0.2) is 15.0 Å². The van der Waals surface area contributed by atoms with E-state index in [2.05, 4.69) is 29.9 Å². The van der Waals surface area contributed by atoms with Crippen molar-refractivity contribution in [1.82, 2.24) is 29.9 Å². The smallest absolute Gasteiger partial charge is 0.252 e. The van der Waals surface area contributed by atoms with Crippen molar-refractivity contribution in [2.24, 2.45) is 0 Å². The first-order chi connectivity index (χ1) is 17.1. The van der Waals surface area contributed by atoms with E-state index in [0.29, 0.717) is 22.3 Å². The van der Waals surface area contributed by atoms with Crippen LogP contribution in [0.4, 0.5) is 26.3 Å². The fourth-order valence-corrected chi connectivity index (χ4v) is 3.41. The number of benzene rings is 1. The maximum absolute atomic E-state index is 13.0. The van der Waals surface area contributed by atoms with Crippen molar-refractivity contribution in [1.29, 1.82) is 0 Å². The van der Waals surface area contributed by atoms with Crippen LogP contribution in [0, 0.1) is 0 Å². The number of nitrogens with zero attached hydrogens (tertiary/aromatic N) is 6. The SMILES string of the molecule is FC(F)(F)c1ccc(-c2ncc(-c3cnc4ccccc4n3)c(-c3ccc(C(F)(F)F)nc3)n2)cn1. The summed E-state index contributed by atoms with van der Waals surface area (Å²) in [6.45, 7) is 0. The summed E-state index contributed by atoms with van der Waals surface area (Å²) >= 11 is 0. The van der Waals surface area contributed by atoms with Crippen molar-refractivity contribution in [2.75, 3.05) is 0 Å². The maximum atomic E-state index is 13.0. The molecule has 4 heterocycles. The number of aromatic nitrogens is 6. The van der Waals surface area contributed by atoms with Gasteiger partial charge in [-0.1, -0.05) is 12.1 Å². The molecule has 5 aromatic rings. The third kappa shape index (κ3) is 4.57. The van der Waals surface area contributed by atoms with Gasteiger partial charge in [-0.2, -0.15) is 26.3 Å². The molecule has 0 fully saturated rings. The lowest BCUT2D eigenvalue weighted by Gasteiger charge is -2.12. The number of rotatable bonds is 3. The Kier molecular flexibility index (Phi) is 5.58. The van der Waals surface area contributed by atoms with E-state index in [4.69, 9.17) is 0 Å². The van der Waals surface area contributed by atoms with E-state index >= 15 is 0 Å². The minimum Gasteiger partial charge on any atom is -0.252 e. The summed E-state index contributed by atoms with van der Waals surface area (Å²) in [7, 11) is 0. The number of alkyl halides is 6. The Morgan fingerprint density at radius 2 is 1.14 bits per heavy atom. The molecule has 4 aromatic heterocycles. The monoisotopic (exact) mass is 498 g/mol. The van der Waals surface area contributed by atoms with Crippen molar-refractivity contribution in [3.05, 3.63) is 84.7 Å². The van der Waals surface area contributed by atoms with Crippen molar-refractivity contribution in [3.8, 4) is 33.9 Å². The van der Waals surface area contributed by atoms with Gasteiger partial charge in [0.05, 0.1) is 28.6 Å². The Morgan fingerprint density at radius 3 is 1.72 bits per heavy atom. The average molecular weight is 498 g/mol. The lowest BCUT2D eigenvalue weighted by molar-refractivity contribution is -0.141. The van der Waals surface area contributed by atoms with E-state index in [1.165, 1.54) is 18.5 Å². The van der Waals surface area contributed by atoms with Crippen LogP contribution >= 0.6 is 0 Å². The molecule has 5 rings (SSSR count).